The Morgan fingerprint density at radius 3 is 2.21 bits per heavy atom. The van der Waals surface area contributed by atoms with Crippen molar-refractivity contribution < 1.29 is 4.79 Å². The maximum Gasteiger partial charge on any atom is 0.274 e. The van der Waals surface area contributed by atoms with Gasteiger partial charge in [-0.3, -0.25) is 10.5 Å². The highest BCUT2D eigenvalue weighted by atomic mass is 35.5. The molecule has 1 heterocycles. The monoisotopic (exact) mass is 403 g/mol. The number of aliphatic imine (C=N–C) groups is 1. The van der Waals surface area contributed by atoms with Crippen LogP contribution in [0.5, 0.6) is 0 Å². The van der Waals surface area contributed by atoms with E-state index in [9.17, 15) is 4.79 Å². The van der Waals surface area contributed by atoms with Crippen molar-refractivity contribution in [2.45, 2.75) is 25.6 Å². The Hall–Kier alpha value is -2.95. The number of hydrogen-bond donors (Lipinski definition) is 1. The van der Waals surface area contributed by atoms with E-state index in [-0.39, 0.29) is 11.9 Å². The third-order valence-electron chi connectivity index (χ3n) is 5.10. The van der Waals surface area contributed by atoms with Crippen LogP contribution in [0.2, 0.25) is 5.02 Å². The topological polar surface area (TPSA) is 58.7 Å². The third-order valence-corrected chi connectivity index (χ3v) is 5.35. The number of rotatable bonds is 3. The highest BCUT2D eigenvalue weighted by Crippen LogP contribution is 2.36. The first-order valence-corrected chi connectivity index (χ1v) is 9.93. The molecule has 5 heteroatoms. The van der Waals surface area contributed by atoms with E-state index in [0.717, 1.165) is 16.8 Å². The lowest BCUT2D eigenvalue weighted by atomic mass is 9.98. The van der Waals surface area contributed by atoms with Gasteiger partial charge < -0.3 is 4.90 Å². The predicted molar refractivity (Wildman–Crippen MR) is 118 cm³/mol. The van der Waals surface area contributed by atoms with Crippen LogP contribution >= 0.6 is 11.6 Å². The Morgan fingerprint density at radius 1 is 0.931 bits per heavy atom. The lowest BCUT2D eigenvalue weighted by molar-refractivity contribution is -0.124. The molecule has 0 bridgehead atoms. The number of para-hydroxylation sites is 1. The summed E-state index contributed by atoms with van der Waals surface area (Å²) in [5, 5.41) is 0.637. The lowest BCUT2D eigenvalue weighted by Gasteiger charge is -2.33. The Balaban J connectivity index is 2.04. The molecular formula is C24H22ClN3O. The van der Waals surface area contributed by atoms with Gasteiger partial charge in [-0.2, -0.15) is 0 Å². The zero-order valence-electron chi connectivity index (χ0n) is 16.3. The zero-order valence-corrected chi connectivity index (χ0v) is 17.1. The quantitative estimate of drug-likeness (QED) is 0.686. The molecular weight excluding hydrogens is 382 g/mol. The maximum absolute atomic E-state index is 13.8. The first-order chi connectivity index (χ1) is 13.9. The number of fused-ring (bicyclic) bond motifs is 1. The molecule has 0 aromatic heterocycles. The van der Waals surface area contributed by atoms with Gasteiger partial charge in [0.15, 0.2) is 0 Å². The number of benzodiazepines with no additional fused rings is 1. The molecule has 2 N–H and O–H groups in total. The summed E-state index contributed by atoms with van der Waals surface area (Å²) in [6.07, 6.45) is 0. The number of amides is 1. The summed E-state index contributed by atoms with van der Waals surface area (Å²) < 4.78 is 0. The molecule has 0 aliphatic carbocycles. The number of hydrogen-bond acceptors (Lipinski definition) is 3. The molecule has 1 unspecified atom stereocenters. The fourth-order valence-electron chi connectivity index (χ4n) is 3.68. The van der Waals surface area contributed by atoms with Gasteiger partial charge in [0.05, 0.1) is 11.4 Å². The molecule has 146 valence electrons. The number of benzene rings is 3. The summed E-state index contributed by atoms with van der Waals surface area (Å²) in [6, 6.07) is 24.4. The summed E-state index contributed by atoms with van der Waals surface area (Å²) in [5.41, 5.74) is 9.07. The predicted octanol–water partition coefficient (Wildman–Crippen LogP) is 4.74. The second-order valence-electron chi connectivity index (χ2n) is 7.39. The number of carbonyl (C=O) groups is 1. The molecule has 3 aromatic carbocycles. The lowest BCUT2D eigenvalue weighted by Crippen LogP contribution is -2.53. The van der Waals surface area contributed by atoms with Crippen LogP contribution in [-0.2, 0) is 10.5 Å². The minimum atomic E-state index is -1.54. The molecule has 3 aromatic rings. The molecule has 1 amide bonds. The summed E-state index contributed by atoms with van der Waals surface area (Å²) in [5.74, 6) is -0.255. The van der Waals surface area contributed by atoms with Crippen molar-refractivity contribution in [1.29, 1.82) is 0 Å². The van der Waals surface area contributed by atoms with Crippen LogP contribution in [0.3, 0.4) is 0 Å². The molecule has 0 spiro atoms. The second-order valence-corrected chi connectivity index (χ2v) is 7.82. The number of nitrogens with zero attached hydrogens (tertiary/aromatic N) is 2. The second kappa shape index (κ2) is 7.47. The Kier molecular flexibility index (Phi) is 4.99. The van der Waals surface area contributed by atoms with E-state index < -0.39 is 5.66 Å². The van der Waals surface area contributed by atoms with Gasteiger partial charge in [0, 0.05) is 27.8 Å². The third kappa shape index (κ3) is 3.35. The van der Waals surface area contributed by atoms with Gasteiger partial charge in [-0.05, 0) is 32.0 Å². The summed E-state index contributed by atoms with van der Waals surface area (Å²) in [4.78, 5) is 20.4. The van der Waals surface area contributed by atoms with Crippen molar-refractivity contribution in [3.8, 4) is 0 Å². The molecule has 0 radical (unpaired) electrons. The molecule has 0 saturated carbocycles. The first-order valence-electron chi connectivity index (χ1n) is 9.55. The maximum atomic E-state index is 13.8. The van der Waals surface area contributed by atoms with Crippen molar-refractivity contribution >= 4 is 28.9 Å². The van der Waals surface area contributed by atoms with Crippen molar-refractivity contribution in [2.24, 2.45) is 10.7 Å². The van der Waals surface area contributed by atoms with E-state index in [1.54, 1.807) is 4.90 Å². The molecule has 4 nitrogen and oxygen atoms in total. The van der Waals surface area contributed by atoms with Crippen molar-refractivity contribution in [1.82, 2.24) is 0 Å². The summed E-state index contributed by atoms with van der Waals surface area (Å²) in [6.45, 7) is 3.96. The average Bonchev–Trinajstić information content (AvgIpc) is 2.83. The SMILES string of the molecule is CC(C)N1C(=O)C(N)(c2ccccc2)N=C(c2ccc(Cl)cc2)c2ccccc21. The van der Waals surface area contributed by atoms with Gasteiger partial charge in [-0.25, -0.2) is 4.99 Å². The van der Waals surface area contributed by atoms with E-state index in [1.807, 2.05) is 92.7 Å². The Bertz CT molecular complexity index is 1080. The number of anilines is 1. The number of nitrogens with two attached hydrogens (primary N) is 1. The molecule has 1 atom stereocenters. The van der Waals surface area contributed by atoms with E-state index in [4.69, 9.17) is 22.3 Å². The van der Waals surface area contributed by atoms with Crippen LogP contribution in [0.15, 0.2) is 83.9 Å². The van der Waals surface area contributed by atoms with Gasteiger partial charge in [-0.1, -0.05) is 72.3 Å². The van der Waals surface area contributed by atoms with Crippen molar-refractivity contribution in [3.05, 3.63) is 101 Å². The standard InChI is InChI=1S/C24H22ClN3O/c1-16(2)28-21-11-7-6-10-20(21)22(17-12-14-19(25)15-13-17)27-24(26,23(28)29)18-8-4-3-5-9-18/h3-16H,26H2,1-2H3. The molecule has 1 aliphatic rings. The molecule has 4 rings (SSSR count). The summed E-state index contributed by atoms with van der Waals surface area (Å²) >= 11 is 6.10. The van der Waals surface area contributed by atoms with Gasteiger partial charge >= 0.3 is 0 Å². The summed E-state index contributed by atoms with van der Waals surface area (Å²) in [7, 11) is 0. The van der Waals surface area contributed by atoms with Gasteiger partial charge in [0.2, 0.25) is 5.66 Å². The van der Waals surface area contributed by atoms with Crippen LogP contribution in [0.4, 0.5) is 5.69 Å². The number of carbonyl (C=O) groups excluding carboxylic acids is 1. The first kappa shape index (κ1) is 19.4. The molecule has 0 fully saturated rings. The van der Waals surface area contributed by atoms with Gasteiger partial charge in [-0.15, -0.1) is 0 Å². The largest absolute Gasteiger partial charge is 0.306 e. The highest BCUT2D eigenvalue weighted by molar-refractivity contribution is 6.31. The van der Waals surface area contributed by atoms with Gasteiger partial charge in [0.25, 0.3) is 5.91 Å². The Labute approximate surface area is 175 Å². The minimum Gasteiger partial charge on any atom is -0.306 e. The van der Waals surface area contributed by atoms with E-state index in [1.165, 1.54) is 0 Å². The van der Waals surface area contributed by atoms with Gasteiger partial charge in [0.1, 0.15) is 0 Å². The number of halogens is 1. The Morgan fingerprint density at radius 2 is 1.55 bits per heavy atom. The van der Waals surface area contributed by atoms with E-state index in [2.05, 4.69) is 0 Å². The molecule has 1 aliphatic heterocycles. The highest BCUT2D eigenvalue weighted by Gasteiger charge is 2.44. The fraction of sp³-hybridized carbons (Fsp3) is 0.167. The van der Waals surface area contributed by atoms with Crippen LogP contribution in [0.1, 0.15) is 30.5 Å². The van der Waals surface area contributed by atoms with Crippen molar-refractivity contribution in [2.75, 3.05) is 4.90 Å². The smallest absolute Gasteiger partial charge is 0.274 e. The van der Waals surface area contributed by atoms with E-state index in [0.29, 0.717) is 16.3 Å². The average molecular weight is 404 g/mol. The van der Waals surface area contributed by atoms with Crippen LogP contribution in [-0.4, -0.2) is 17.7 Å². The van der Waals surface area contributed by atoms with Crippen molar-refractivity contribution in [3.63, 3.8) is 0 Å². The zero-order chi connectivity index (χ0) is 20.6. The molecule has 0 saturated heterocycles. The minimum absolute atomic E-state index is 0.0879. The fourth-order valence-corrected chi connectivity index (χ4v) is 3.81. The van der Waals surface area contributed by atoms with E-state index >= 15 is 0 Å². The normalized spacial score (nSPS) is 19.0. The van der Waals surface area contributed by atoms with Crippen LogP contribution < -0.4 is 10.6 Å². The van der Waals surface area contributed by atoms with Crippen LogP contribution in [0, 0.1) is 0 Å². The van der Waals surface area contributed by atoms with Crippen LogP contribution in [0.25, 0.3) is 0 Å². The molecule has 29 heavy (non-hydrogen) atoms.